The number of hydrogen-bond donors (Lipinski definition) is 1. The summed E-state index contributed by atoms with van der Waals surface area (Å²) in [4.78, 5) is 10.8. The number of ether oxygens (including phenoxy) is 1. The molecule has 1 aromatic rings. The lowest BCUT2D eigenvalue weighted by Crippen LogP contribution is -2.10. The molecule has 0 saturated heterocycles. The van der Waals surface area contributed by atoms with Crippen molar-refractivity contribution in [3.63, 3.8) is 0 Å². The van der Waals surface area contributed by atoms with Crippen LogP contribution in [-0.4, -0.2) is 17.2 Å². The molecule has 0 amide bonds. The Hall–Kier alpha value is -1.03. The van der Waals surface area contributed by atoms with Crippen LogP contribution < -0.4 is 4.74 Å². The van der Waals surface area contributed by atoms with Crippen LogP contribution in [0.25, 0.3) is 0 Å². The molecule has 0 fully saturated rings. The van der Waals surface area contributed by atoms with Gasteiger partial charge in [-0.25, -0.2) is 4.79 Å². The number of carboxylic acid groups (broad SMARTS) is 1. The van der Waals surface area contributed by atoms with Crippen LogP contribution in [-0.2, 0) is 0 Å². The van der Waals surface area contributed by atoms with Crippen LogP contribution in [0.5, 0.6) is 5.75 Å². The largest absolute Gasteiger partial charge is 0.491 e. The zero-order chi connectivity index (χ0) is 11.4. The van der Waals surface area contributed by atoms with Gasteiger partial charge in [0, 0.05) is 4.47 Å². The Morgan fingerprint density at radius 3 is 2.73 bits per heavy atom. The first-order chi connectivity index (χ1) is 7.02. The van der Waals surface area contributed by atoms with Crippen molar-refractivity contribution in [1.82, 2.24) is 0 Å². The Bertz CT molecular complexity index is 363. The maximum absolute atomic E-state index is 10.8. The second-order valence-corrected chi connectivity index (χ2v) is 4.23. The lowest BCUT2D eigenvalue weighted by molar-refractivity contribution is 0.0696. The summed E-state index contributed by atoms with van der Waals surface area (Å²) < 4.78 is 6.25. The summed E-state index contributed by atoms with van der Waals surface area (Å²) in [6, 6.07) is 4.84. The molecule has 0 heterocycles. The second-order valence-electron chi connectivity index (χ2n) is 3.32. The fourth-order valence-corrected chi connectivity index (χ4v) is 1.54. The summed E-state index contributed by atoms with van der Waals surface area (Å²) in [5.41, 5.74) is 0.225. The summed E-state index contributed by atoms with van der Waals surface area (Å²) in [6.07, 6.45) is 0.968. The number of rotatable bonds is 4. The van der Waals surface area contributed by atoms with E-state index >= 15 is 0 Å². The van der Waals surface area contributed by atoms with Crippen LogP contribution >= 0.6 is 15.9 Å². The van der Waals surface area contributed by atoms with Crippen molar-refractivity contribution >= 4 is 21.9 Å². The molecule has 0 spiro atoms. The monoisotopic (exact) mass is 272 g/mol. The Labute approximate surface area is 97.2 Å². The molecule has 82 valence electrons. The van der Waals surface area contributed by atoms with E-state index in [-0.39, 0.29) is 11.7 Å². The molecule has 1 rings (SSSR count). The van der Waals surface area contributed by atoms with E-state index in [1.807, 2.05) is 13.8 Å². The van der Waals surface area contributed by atoms with Crippen molar-refractivity contribution in [1.29, 1.82) is 0 Å². The van der Waals surface area contributed by atoms with E-state index < -0.39 is 5.97 Å². The first-order valence-electron chi connectivity index (χ1n) is 4.73. The zero-order valence-electron chi connectivity index (χ0n) is 8.66. The van der Waals surface area contributed by atoms with Crippen LogP contribution in [0.3, 0.4) is 0 Å². The van der Waals surface area contributed by atoms with Gasteiger partial charge in [-0.1, -0.05) is 22.9 Å². The standard InChI is InChI=1S/C11H13BrO3/c1-3-7(2)15-10-5-8(11(13)14)4-9(12)6-10/h4-7H,3H2,1-2H3,(H,13,14). The highest BCUT2D eigenvalue weighted by Crippen LogP contribution is 2.22. The van der Waals surface area contributed by atoms with E-state index in [1.165, 1.54) is 6.07 Å². The summed E-state index contributed by atoms with van der Waals surface area (Å²) in [5, 5.41) is 8.85. The molecule has 0 saturated carbocycles. The third-order valence-corrected chi connectivity index (χ3v) is 2.49. The second kappa shape index (κ2) is 5.16. The minimum Gasteiger partial charge on any atom is -0.491 e. The van der Waals surface area contributed by atoms with Gasteiger partial charge in [-0.2, -0.15) is 0 Å². The molecule has 0 bridgehead atoms. The SMILES string of the molecule is CCC(C)Oc1cc(Br)cc(C(=O)O)c1. The van der Waals surface area contributed by atoms with Crippen molar-refractivity contribution in [3.05, 3.63) is 28.2 Å². The predicted octanol–water partition coefficient (Wildman–Crippen LogP) is 3.32. The molecular formula is C11H13BrO3. The first-order valence-corrected chi connectivity index (χ1v) is 5.52. The van der Waals surface area contributed by atoms with Crippen molar-refractivity contribution in [2.24, 2.45) is 0 Å². The lowest BCUT2D eigenvalue weighted by atomic mass is 10.2. The average Bonchev–Trinajstić information content (AvgIpc) is 2.16. The minimum atomic E-state index is -0.953. The average molecular weight is 273 g/mol. The molecule has 0 aliphatic carbocycles. The van der Waals surface area contributed by atoms with E-state index in [2.05, 4.69) is 15.9 Å². The third-order valence-electron chi connectivity index (χ3n) is 2.03. The molecule has 1 aromatic carbocycles. The van der Waals surface area contributed by atoms with Crippen LogP contribution in [0.4, 0.5) is 0 Å². The smallest absolute Gasteiger partial charge is 0.335 e. The highest BCUT2D eigenvalue weighted by Gasteiger charge is 2.08. The van der Waals surface area contributed by atoms with Gasteiger partial charge in [-0.05, 0) is 31.5 Å². The van der Waals surface area contributed by atoms with E-state index in [0.29, 0.717) is 10.2 Å². The Morgan fingerprint density at radius 1 is 1.53 bits per heavy atom. The molecule has 0 aromatic heterocycles. The molecule has 4 heteroatoms. The van der Waals surface area contributed by atoms with Crippen molar-refractivity contribution in [2.45, 2.75) is 26.4 Å². The minimum absolute atomic E-state index is 0.0842. The van der Waals surface area contributed by atoms with Gasteiger partial charge in [0.25, 0.3) is 0 Å². The van der Waals surface area contributed by atoms with Gasteiger partial charge < -0.3 is 9.84 Å². The van der Waals surface area contributed by atoms with E-state index in [4.69, 9.17) is 9.84 Å². The third kappa shape index (κ3) is 3.55. The lowest BCUT2D eigenvalue weighted by Gasteiger charge is -2.13. The number of halogens is 1. The summed E-state index contributed by atoms with van der Waals surface area (Å²) >= 11 is 3.25. The van der Waals surface area contributed by atoms with Crippen molar-refractivity contribution in [3.8, 4) is 5.75 Å². The van der Waals surface area contributed by atoms with Crippen LogP contribution in [0.1, 0.15) is 30.6 Å². The highest BCUT2D eigenvalue weighted by molar-refractivity contribution is 9.10. The van der Waals surface area contributed by atoms with Crippen LogP contribution in [0.15, 0.2) is 22.7 Å². The molecule has 1 atom stereocenters. The number of hydrogen-bond acceptors (Lipinski definition) is 2. The van der Waals surface area contributed by atoms with Gasteiger partial charge in [0.2, 0.25) is 0 Å². The summed E-state index contributed by atoms with van der Waals surface area (Å²) in [5.74, 6) is -0.374. The quantitative estimate of drug-likeness (QED) is 0.915. The van der Waals surface area contributed by atoms with Gasteiger partial charge in [-0.15, -0.1) is 0 Å². The highest BCUT2D eigenvalue weighted by atomic mass is 79.9. The van der Waals surface area contributed by atoms with Gasteiger partial charge in [-0.3, -0.25) is 0 Å². The van der Waals surface area contributed by atoms with Crippen LogP contribution in [0, 0.1) is 0 Å². The maximum atomic E-state index is 10.8. The molecular weight excluding hydrogens is 260 g/mol. The summed E-state index contributed by atoms with van der Waals surface area (Å²) in [7, 11) is 0. The Balaban J connectivity index is 2.93. The molecule has 0 aliphatic rings. The van der Waals surface area contributed by atoms with Crippen molar-refractivity contribution < 1.29 is 14.6 Å². The Kier molecular flexibility index (Phi) is 4.15. The topological polar surface area (TPSA) is 46.5 Å². The molecule has 3 nitrogen and oxygen atoms in total. The van der Waals surface area contributed by atoms with E-state index in [0.717, 1.165) is 6.42 Å². The maximum Gasteiger partial charge on any atom is 0.335 e. The predicted molar refractivity (Wildman–Crippen MR) is 61.5 cm³/mol. The van der Waals surface area contributed by atoms with Gasteiger partial charge >= 0.3 is 5.97 Å². The van der Waals surface area contributed by atoms with Gasteiger partial charge in [0.05, 0.1) is 11.7 Å². The zero-order valence-corrected chi connectivity index (χ0v) is 10.2. The summed E-state index contributed by atoms with van der Waals surface area (Å²) in [6.45, 7) is 3.96. The van der Waals surface area contributed by atoms with E-state index in [9.17, 15) is 4.79 Å². The molecule has 1 N–H and O–H groups in total. The molecule has 0 radical (unpaired) electrons. The molecule has 15 heavy (non-hydrogen) atoms. The van der Waals surface area contributed by atoms with Gasteiger partial charge in [0.1, 0.15) is 5.75 Å². The van der Waals surface area contributed by atoms with Gasteiger partial charge in [0.15, 0.2) is 0 Å². The number of benzene rings is 1. The fourth-order valence-electron chi connectivity index (χ4n) is 1.07. The number of carbonyl (C=O) groups is 1. The number of aromatic carboxylic acids is 1. The Morgan fingerprint density at radius 2 is 2.20 bits per heavy atom. The normalized spacial score (nSPS) is 12.2. The van der Waals surface area contributed by atoms with Crippen LogP contribution in [0.2, 0.25) is 0 Å². The molecule has 1 unspecified atom stereocenters. The van der Waals surface area contributed by atoms with E-state index in [1.54, 1.807) is 12.1 Å². The number of carboxylic acids is 1. The fraction of sp³-hybridized carbons (Fsp3) is 0.364. The first kappa shape index (κ1) is 12.0. The van der Waals surface area contributed by atoms with Crippen molar-refractivity contribution in [2.75, 3.05) is 0 Å². The molecule has 0 aliphatic heterocycles.